The number of hydrogen-bond acceptors (Lipinski definition) is 9. The molecule has 0 bridgehead atoms. The first kappa shape index (κ1) is 64.1. The van der Waals surface area contributed by atoms with Crippen LogP contribution in [0.4, 0.5) is 0 Å². The molecule has 400 valence electrons. The van der Waals surface area contributed by atoms with Crippen LogP contribution in [0.5, 0.6) is 0 Å². The highest BCUT2D eigenvalue weighted by molar-refractivity contribution is 6.76. The summed E-state index contributed by atoms with van der Waals surface area (Å²) in [7, 11) is -3.87. The van der Waals surface area contributed by atoms with Crippen LogP contribution in [0.25, 0.3) is 0 Å². The minimum Gasteiger partial charge on any atom is -0.435 e. The predicted octanol–water partition coefficient (Wildman–Crippen LogP) is 15.6. The summed E-state index contributed by atoms with van der Waals surface area (Å²) in [4.78, 5) is 13.2. The highest BCUT2D eigenvalue weighted by Gasteiger charge is 2.40. The van der Waals surface area contributed by atoms with Gasteiger partial charge in [-0.15, -0.1) is 0 Å². The van der Waals surface area contributed by atoms with Crippen molar-refractivity contribution in [3.05, 3.63) is 131 Å². The van der Waals surface area contributed by atoms with E-state index < -0.39 is 30.7 Å². The molecule has 0 aromatic heterocycles. The number of carbonyl (C=O) groups is 1. The summed E-state index contributed by atoms with van der Waals surface area (Å²) in [5.74, 6) is -0.375. The standard InChI is InChI=1S/C59H98O9Si3/c1-18-53(41-48(6)55(65-43-52-32-26-23-27-33-52)35-29-28-34-54(44-63-45-61-12)58(60)66-46-62-38-39-69(13,14)15)57(68-71(19-2,20-3)21-4)49(7)40-47(5)36-37-56(67-70(16,17)59(9,10)11)50(8)64-42-51-30-24-22-25-31-51/h22-34,36,40-41,50,53,55-57H,18-21,35,37-39,42-46H2,1-17H3/b29-28+,47-36+,48-41+,49-40+,54-34+/t50-,53-,55-,56-,57-/m0/s1. The maximum atomic E-state index is 13.2. The summed E-state index contributed by atoms with van der Waals surface area (Å²) in [6.07, 6.45) is 14.5. The number of esters is 1. The van der Waals surface area contributed by atoms with Crippen molar-refractivity contribution in [3.63, 3.8) is 0 Å². The van der Waals surface area contributed by atoms with Crippen LogP contribution in [0.15, 0.2) is 119 Å². The fourth-order valence-corrected chi connectivity index (χ4v) is 12.9. The van der Waals surface area contributed by atoms with Gasteiger partial charge in [-0.1, -0.05) is 165 Å². The molecule has 0 saturated heterocycles. The average Bonchev–Trinajstić information content (AvgIpc) is 3.33. The molecular formula is C59H98O9Si3. The zero-order valence-electron chi connectivity index (χ0n) is 47.5. The SMILES string of the molecule is CC[C@@H](/C=C(\C)[C@H](C/C=C/C=C(\COCOC)C(=O)OCOCC[Si](C)(C)C)OCc1ccccc1)[C@@H](O[Si](CC)(CC)CC)/C(C)=C/C(C)=C/C[C@H](O[Si](C)(C)C(C)(C)C)[C@H](C)OCc1ccccc1. The molecule has 0 saturated carbocycles. The molecular weight excluding hydrogens is 937 g/mol. The topological polar surface area (TPSA) is 90.9 Å². The smallest absolute Gasteiger partial charge is 0.338 e. The van der Waals surface area contributed by atoms with Crippen molar-refractivity contribution in [2.45, 2.75) is 195 Å². The van der Waals surface area contributed by atoms with Gasteiger partial charge in [-0.3, -0.25) is 0 Å². The maximum absolute atomic E-state index is 13.2. The lowest BCUT2D eigenvalue weighted by Crippen LogP contribution is -2.47. The Morgan fingerprint density at radius 2 is 1.34 bits per heavy atom. The van der Waals surface area contributed by atoms with Crippen molar-refractivity contribution in [2.24, 2.45) is 5.92 Å². The first-order chi connectivity index (χ1) is 33.5. The Morgan fingerprint density at radius 1 is 0.746 bits per heavy atom. The Labute approximate surface area is 436 Å². The summed E-state index contributed by atoms with van der Waals surface area (Å²) in [5.41, 5.74) is 6.19. The van der Waals surface area contributed by atoms with Crippen LogP contribution in [0.3, 0.4) is 0 Å². The number of ether oxygens (including phenoxy) is 6. The Morgan fingerprint density at radius 3 is 1.87 bits per heavy atom. The highest BCUT2D eigenvalue weighted by atomic mass is 28.4. The van der Waals surface area contributed by atoms with E-state index in [-0.39, 0.29) is 55.6 Å². The number of rotatable bonds is 35. The lowest BCUT2D eigenvalue weighted by Gasteiger charge is -2.40. The number of carbonyl (C=O) groups excluding carboxylic acids is 1. The van der Waals surface area contributed by atoms with E-state index in [1.807, 2.05) is 36.4 Å². The molecule has 5 atom stereocenters. The number of hydrogen-bond donors (Lipinski definition) is 0. The second kappa shape index (κ2) is 33.0. The fraction of sp³-hybridized carbons (Fsp3) is 0.610. The van der Waals surface area contributed by atoms with Crippen molar-refractivity contribution in [3.8, 4) is 0 Å². The summed E-state index contributed by atoms with van der Waals surface area (Å²) in [5, 5.41) is 0.0688. The molecule has 0 aliphatic rings. The zero-order valence-corrected chi connectivity index (χ0v) is 50.5. The number of benzene rings is 2. The predicted molar refractivity (Wildman–Crippen MR) is 304 cm³/mol. The molecule has 0 aliphatic heterocycles. The molecule has 0 fully saturated rings. The van der Waals surface area contributed by atoms with Crippen molar-refractivity contribution < 1.29 is 42.1 Å². The molecule has 12 heteroatoms. The van der Waals surface area contributed by atoms with Crippen molar-refractivity contribution in [1.82, 2.24) is 0 Å². The number of methoxy groups -OCH3 is 1. The van der Waals surface area contributed by atoms with Gasteiger partial charge in [0.25, 0.3) is 0 Å². The minimum absolute atomic E-state index is 0.0472. The summed E-state index contributed by atoms with van der Waals surface area (Å²) in [6, 6.07) is 24.8. The van der Waals surface area contributed by atoms with Gasteiger partial charge < -0.3 is 37.3 Å². The molecule has 0 spiro atoms. The van der Waals surface area contributed by atoms with Gasteiger partial charge in [-0.25, -0.2) is 4.79 Å². The molecule has 9 nitrogen and oxygen atoms in total. The van der Waals surface area contributed by atoms with Crippen molar-refractivity contribution in [2.75, 3.05) is 33.9 Å². The molecule has 2 aromatic rings. The molecule has 0 unspecified atom stereocenters. The zero-order chi connectivity index (χ0) is 53.1. The van der Waals surface area contributed by atoms with E-state index in [0.29, 0.717) is 31.8 Å². The maximum Gasteiger partial charge on any atom is 0.338 e. The third kappa shape index (κ3) is 24.7. The van der Waals surface area contributed by atoms with Crippen LogP contribution in [-0.4, -0.2) is 89.0 Å². The van der Waals surface area contributed by atoms with Gasteiger partial charge in [-0.2, -0.15) is 0 Å². The Bertz CT molecular complexity index is 1930. The van der Waals surface area contributed by atoms with Crippen LogP contribution in [0.2, 0.25) is 61.9 Å². The Balaban J connectivity index is 2.54. The van der Waals surface area contributed by atoms with Crippen LogP contribution < -0.4 is 0 Å². The summed E-state index contributed by atoms with van der Waals surface area (Å²) in [6.45, 7) is 38.0. The van der Waals surface area contributed by atoms with Gasteiger partial charge >= 0.3 is 5.97 Å². The lowest BCUT2D eigenvalue weighted by molar-refractivity contribution is -0.152. The van der Waals surface area contributed by atoms with E-state index in [4.69, 9.17) is 37.3 Å². The molecule has 0 N–H and O–H groups in total. The summed E-state index contributed by atoms with van der Waals surface area (Å²) >= 11 is 0. The van der Waals surface area contributed by atoms with Crippen LogP contribution >= 0.6 is 0 Å². The number of allylic oxidation sites excluding steroid dienone is 4. The van der Waals surface area contributed by atoms with Gasteiger partial charge in [0.15, 0.2) is 23.4 Å². The highest BCUT2D eigenvalue weighted by Crippen LogP contribution is 2.39. The third-order valence-corrected chi connectivity index (χ3v) is 24.8. The van der Waals surface area contributed by atoms with Crippen molar-refractivity contribution >= 4 is 30.7 Å². The van der Waals surface area contributed by atoms with Crippen LogP contribution in [0.1, 0.15) is 107 Å². The largest absolute Gasteiger partial charge is 0.435 e. The second-order valence-corrected chi connectivity index (χ2v) is 37.0. The van der Waals surface area contributed by atoms with Gasteiger partial charge in [0, 0.05) is 27.7 Å². The van der Waals surface area contributed by atoms with E-state index in [1.54, 1.807) is 13.2 Å². The van der Waals surface area contributed by atoms with E-state index in [0.717, 1.165) is 53.7 Å². The van der Waals surface area contributed by atoms with E-state index in [9.17, 15) is 4.79 Å². The van der Waals surface area contributed by atoms with Crippen LogP contribution in [0, 0.1) is 5.92 Å². The molecule has 71 heavy (non-hydrogen) atoms. The van der Waals surface area contributed by atoms with Gasteiger partial charge in [0.05, 0.1) is 49.8 Å². The molecule has 2 rings (SSSR count). The monoisotopic (exact) mass is 1030 g/mol. The summed E-state index contributed by atoms with van der Waals surface area (Å²) < 4.78 is 49.7. The first-order valence-corrected chi connectivity index (χ1v) is 35.6. The van der Waals surface area contributed by atoms with E-state index in [1.165, 1.54) is 11.1 Å². The van der Waals surface area contributed by atoms with Gasteiger partial charge in [0.1, 0.15) is 6.79 Å². The molecule has 0 aliphatic carbocycles. The van der Waals surface area contributed by atoms with E-state index >= 15 is 0 Å². The Hall–Kier alpha value is -3.02. The molecule has 0 heterocycles. The quantitative estimate of drug-likeness (QED) is 0.0127. The van der Waals surface area contributed by atoms with E-state index in [2.05, 4.69) is 164 Å². The third-order valence-electron chi connectivity index (χ3n) is 13.9. The van der Waals surface area contributed by atoms with Crippen molar-refractivity contribution in [1.29, 1.82) is 0 Å². The minimum atomic E-state index is -2.10. The molecule has 0 amide bonds. The normalized spacial score (nSPS) is 16.0. The molecule has 2 aromatic carbocycles. The molecule has 0 radical (unpaired) electrons. The lowest BCUT2D eigenvalue weighted by atomic mass is 9.90. The first-order valence-electron chi connectivity index (χ1n) is 26.4. The Kier molecular flexibility index (Phi) is 29.8. The second-order valence-electron chi connectivity index (χ2n) is 21.9. The van der Waals surface area contributed by atoms with Gasteiger partial charge in [0.2, 0.25) is 0 Å². The fourth-order valence-electron chi connectivity index (χ4n) is 7.83. The van der Waals surface area contributed by atoms with Gasteiger partial charge in [-0.05, 0) is 118 Å². The average molecular weight is 1040 g/mol. The van der Waals surface area contributed by atoms with Crippen LogP contribution in [-0.2, 0) is 55.3 Å².